The van der Waals surface area contributed by atoms with Crippen molar-refractivity contribution in [3.63, 3.8) is 0 Å². The molecule has 0 unspecified atom stereocenters. The number of ether oxygens (including phenoxy) is 1. The van der Waals surface area contributed by atoms with Gasteiger partial charge in [-0.1, -0.05) is 15.9 Å². The maximum absolute atomic E-state index is 12.2. The lowest BCUT2D eigenvalue weighted by Gasteiger charge is -2.12. The molecule has 0 saturated carbocycles. The van der Waals surface area contributed by atoms with E-state index < -0.39 is 0 Å². The summed E-state index contributed by atoms with van der Waals surface area (Å²) in [4.78, 5) is 12.2. The van der Waals surface area contributed by atoms with E-state index in [-0.39, 0.29) is 11.7 Å². The molecule has 0 fully saturated rings. The van der Waals surface area contributed by atoms with Gasteiger partial charge in [-0.25, -0.2) is 0 Å². The Morgan fingerprint density at radius 2 is 2.00 bits per heavy atom. The van der Waals surface area contributed by atoms with E-state index in [9.17, 15) is 9.90 Å². The van der Waals surface area contributed by atoms with Crippen LogP contribution < -0.4 is 15.8 Å². The Balaban J connectivity index is 2.28. The highest BCUT2D eigenvalue weighted by molar-refractivity contribution is 9.11. The van der Waals surface area contributed by atoms with Gasteiger partial charge in [-0.05, 0) is 46.3 Å². The number of benzene rings is 2. The van der Waals surface area contributed by atoms with Crippen molar-refractivity contribution >= 4 is 49.1 Å². The fourth-order valence-corrected chi connectivity index (χ4v) is 3.10. The molecule has 5 nitrogen and oxygen atoms in total. The molecule has 0 saturated heterocycles. The Morgan fingerprint density at radius 1 is 1.29 bits per heavy atom. The molecule has 0 heterocycles. The SMILES string of the molecule is COc1ccc(C(=O)Nc2c(N)cc(Br)cc2Br)cc1O. The standard InChI is InChI=1S/C14H12Br2N2O3/c1-21-12-3-2-7(4-11(12)19)14(20)18-13-9(16)5-8(15)6-10(13)17/h2-6,19H,17H2,1H3,(H,18,20). The molecule has 0 radical (unpaired) electrons. The van der Waals surface area contributed by atoms with Crippen LogP contribution in [0.3, 0.4) is 0 Å². The van der Waals surface area contributed by atoms with Crippen LogP contribution in [0, 0.1) is 0 Å². The minimum Gasteiger partial charge on any atom is -0.504 e. The van der Waals surface area contributed by atoms with E-state index in [1.807, 2.05) is 0 Å². The van der Waals surface area contributed by atoms with Crippen LogP contribution in [0.1, 0.15) is 10.4 Å². The molecule has 0 aliphatic rings. The maximum atomic E-state index is 12.2. The summed E-state index contributed by atoms with van der Waals surface area (Å²) in [7, 11) is 1.44. The topological polar surface area (TPSA) is 84.6 Å². The second-order valence-electron chi connectivity index (χ2n) is 4.19. The number of carbonyl (C=O) groups is 1. The molecular formula is C14H12Br2N2O3. The minimum absolute atomic E-state index is 0.104. The molecule has 0 aliphatic carbocycles. The number of nitrogens with one attached hydrogen (secondary N) is 1. The van der Waals surface area contributed by atoms with Crippen LogP contribution in [0.15, 0.2) is 39.3 Å². The van der Waals surface area contributed by atoms with Gasteiger partial charge in [-0.2, -0.15) is 0 Å². The Kier molecular flexibility index (Phi) is 4.74. The van der Waals surface area contributed by atoms with Gasteiger partial charge in [0.1, 0.15) is 0 Å². The summed E-state index contributed by atoms with van der Waals surface area (Å²) in [5.41, 5.74) is 7.06. The first-order chi connectivity index (χ1) is 9.92. The average Bonchev–Trinajstić information content (AvgIpc) is 2.42. The summed E-state index contributed by atoms with van der Waals surface area (Å²) in [5.74, 6) is -0.188. The summed E-state index contributed by atoms with van der Waals surface area (Å²) in [6.07, 6.45) is 0. The van der Waals surface area contributed by atoms with Crippen molar-refractivity contribution in [3.8, 4) is 11.5 Å². The van der Waals surface area contributed by atoms with Crippen molar-refractivity contribution in [3.05, 3.63) is 44.8 Å². The van der Waals surface area contributed by atoms with Crippen molar-refractivity contribution in [1.82, 2.24) is 0 Å². The number of nitrogen functional groups attached to an aromatic ring is 1. The van der Waals surface area contributed by atoms with Crippen molar-refractivity contribution in [2.24, 2.45) is 0 Å². The summed E-state index contributed by atoms with van der Waals surface area (Å²) in [6.45, 7) is 0. The molecule has 21 heavy (non-hydrogen) atoms. The first-order valence-electron chi connectivity index (χ1n) is 5.85. The van der Waals surface area contributed by atoms with Crippen LogP contribution in [0.25, 0.3) is 0 Å². The number of nitrogens with two attached hydrogens (primary N) is 1. The predicted octanol–water partition coefficient (Wildman–Crippen LogP) is 3.76. The monoisotopic (exact) mass is 414 g/mol. The van der Waals surface area contributed by atoms with Crippen LogP contribution in [-0.4, -0.2) is 18.1 Å². The van der Waals surface area contributed by atoms with Gasteiger partial charge >= 0.3 is 0 Å². The lowest BCUT2D eigenvalue weighted by molar-refractivity contribution is 0.102. The molecular weight excluding hydrogens is 404 g/mol. The van der Waals surface area contributed by atoms with Gasteiger partial charge in [0.2, 0.25) is 0 Å². The number of hydrogen-bond acceptors (Lipinski definition) is 4. The number of phenols is 1. The second kappa shape index (κ2) is 6.36. The Morgan fingerprint density at radius 3 is 2.57 bits per heavy atom. The highest BCUT2D eigenvalue weighted by Gasteiger charge is 2.13. The Hall–Kier alpha value is -1.73. The number of aromatic hydroxyl groups is 1. The van der Waals surface area contributed by atoms with Crippen molar-refractivity contribution in [2.45, 2.75) is 0 Å². The lowest BCUT2D eigenvalue weighted by Crippen LogP contribution is -2.13. The third-order valence-corrected chi connectivity index (χ3v) is 3.85. The van der Waals surface area contributed by atoms with Crippen LogP contribution >= 0.6 is 31.9 Å². The zero-order valence-electron chi connectivity index (χ0n) is 11.0. The maximum Gasteiger partial charge on any atom is 0.255 e. The number of carbonyl (C=O) groups excluding carboxylic acids is 1. The van der Waals surface area contributed by atoms with Gasteiger partial charge in [0, 0.05) is 14.5 Å². The zero-order valence-corrected chi connectivity index (χ0v) is 14.2. The van der Waals surface area contributed by atoms with Crippen LogP contribution in [0.4, 0.5) is 11.4 Å². The largest absolute Gasteiger partial charge is 0.504 e. The van der Waals surface area contributed by atoms with E-state index in [1.54, 1.807) is 18.2 Å². The number of hydrogen-bond donors (Lipinski definition) is 3. The van der Waals surface area contributed by atoms with Gasteiger partial charge in [0.15, 0.2) is 11.5 Å². The van der Waals surface area contributed by atoms with E-state index in [0.29, 0.717) is 27.2 Å². The van der Waals surface area contributed by atoms with Gasteiger partial charge < -0.3 is 20.9 Å². The molecule has 0 aromatic heterocycles. The summed E-state index contributed by atoms with van der Waals surface area (Å²) in [5, 5.41) is 12.4. The molecule has 0 spiro atoms. The molecule has 2 rings (SSSR count). The summed E-state index contributed by atoms with van der Waals surface area (Å²) < 4.78 is 6.39. The van der Waals surface area contributed by atoms with E-state index in [0.717, 1.165) is 4.47 Å². The zero-order chi connectivity index (χ0) is 15.6. The van der Waals surface area contributed by atoms with Gasteiger partial charge in [0.25, 0.3) is 5.91 Å². The van der Waals surface area contributed by atoms with Crippen molar-refractivity contribution in [1.29, 1.82) is 0 Å². The molecule has 1 amide bonds. The first-order valence-corrected chi connectivity index (χ1v) is 7.44. The van der Waals surface area contributed by atoms with Gasteiger partial charge in [0.05, 0.1) is 18.5 Å². The third kappa shape index (κ3) is 3.48. The highest BCUT2D eigenvalue weighted by atomic mass is 79.9. The lowest BCUT2D eigenvalue weighted by atomic mass is 10.1. The van der Waals surface area contributed by atoms with Crippen LogP contribution in [-0.2, 0) is 0 Å². The molecule has 2 aromatic carbocycles. The predicted molar refractivity (Wildman–Crippen MR) is 88.9 cm³/mol. The second-order valence-corrected chi connectivity index (χ2v) is 5.96. The molecule has 7 heteroatoms. The van der Waals surface area contributed by atoms with Crippen molar-refractivity contribution < 1.29 is 14.6 Å². The molecule has 0 aliphatic heterocycles. The number of rotatable bonds is 3. The summed E-state index contributed by atoms with van der Waals surface area (Å²) in [6, 6.07) is 7.86. The first kappa shape index (κ1) is 15.7. The van der Waals surface area contributed by atoms with Gasteiger partial charge in [-0.3, -0.25) is 4.79 Å². The summed E-state index contributed by atoms with van der Waals surface area (Å²) >= 11 is 6.66. The highest BCUT2D eigenvalue weighted by Crippen LogP contribution is 2.33. The van der Waals surface area contributed by atoms with Gasteiger partial charge in [-0.15, -0.1) is 0 Å². The number of anilines is 2. The molecule has 110 valence electrons. The molecule has 0 atom stereocenters. The number of halogens is 2. The van der Waals surface area contributed by atoms with Crippen LogP contribution in [0.2, 0.25) is 0 Å². The molecule has 4 N–H and O–H groups in total. The molecule has 2 aromatic rings. The Bertz CT molecular complexity index is 682. The minimum atomic E-state index is -0.386. The van der Waals surface area contributed by atoms with Crippen LogP contribution in [0.5, 0.6) is 11.5 Å². The van der Waals surface area contributed by atoms with E-state index in [2.05, 4.69) is 37.2 Å². The molecule has 0 bridgehead atoms. The number of amides is 1. The van der Waals surface area contributed by atoms with E-state index in [1.165, 1.54) is 19.2 Å². The fraction of sp³-hybridized carbons (Fsp3) is 0.0714. The smallest absolute Gasteiger partial charge is 0.255 e. The number of phenolic OH excluding ortho intramolecular Hbond substituents is 1. The van der Waals surface area contributed by atoms with E-state index >= 15 is 0 Å². The van der Waals surface area contributed by atoms with E-state index in [4.69, 9.17) is 10.5 Å². The quantitative estimate of drug-likeness (QED) is 0.666. The Labute approximate surface area is 138 Å². The third-order valence-electron chi connectivity index (χ3n) is 2.77. The van der Waals surface area contributed by atoms with Crippen molar-refractivity contribution in [2.75, 3.05) is 18.2 Å². The fourth-order valence-electron chi connectivity index (χ4n) is 1.74. The normalized spacial score (nSPS) is 10.2. The number of methoxy groups -OCH3 is 1. The average molecular weight is 416 g/mol.